The van der Waals surface area contributed by atoms with E-state index in [0.717, 1.165) is 21.4 Å². The van der Waals surface area contributed by atoms with Crippen molar-refractivity contribution in [3.8, 4) is 16.9 Å². The number of nitrogens with zero attached hydrogens (tertiary/aromatic N) is 3. The Morgan fingerprint density at radius 1 is 1.05 bits per heavy atom. The Balaban J connectivity index is 2.16. The van der Waals surface area contributed by atoms with Crippen LogP contribution in [0.15, 0.2) is 59.2 Å². The molecular formula is C15H12BrN3. The Morgan fingerprint density at radius 2 is 1.89 bits per heavy atom. The summed E-state index contributed by atoms with van der Waals surface area (Å²) in [6.45, 7) is 2.08. The van der Waals surface area contributed by atoms with Gasteiger partial charge in [0.25, 0.3) is 0 Å². The minimum atomic E-state index is 0.982. The number of hydrogen-bond acceptors (Lipinski definition) is 2. The zero-order chi connectivity index (χ0) is 13.2. The van der Waals surface area contributed by atoms with E-state index in [9.17, 15) is 0 Å². The minimum Gasteiger partial charge on any atom is -0.212 e. The molecule has 3 aromatic rings. The van der Waals surface area contributed by atoms with Crippen LogP contribution >= 0.6 is 15.9 Å². The van der Waals surface area contributed by atoms with Crippen LogP contribution in [0.1, 0.15) is 5.56 Å². The average Bonchev–Trinajstić information content (AvgIpc) is 2.88. The van der Waals surface area contributed by atoms with Crippen molar-refractivity contribution in [2.45, 2.75) is 6.92 Å². The van der Waals surface area contributed by atoms with E-state index in [1.807, 2.05) is 35.0 Å². The highest BCUT2D eigenvalue weighted by Gasteiger charge is 2.10. The first-order valence-electron chi connectivity index (χ1n) is 5.98. The van der Waals surface area contributed by atoms with Crippen molar-refractivity contribution >= 4 is 15.9 Å². The van der Waals surface area contributed by atoms with Gasteiger partial charge in [0, 0.05) is 10.0 Å². The number of hydrogen-bond donors (Lipinski definition) is 0. The minimum absolute atomic E-state index is 0.982. The second-order valence-electron chi connectivity index (χ2n) is 4.35. The SMILES string of the molecule is Cc1cccc(-c2cnnn2-c2ccccc2Br)c1. The van der Waals surface area contributed by atoms with E-state index in [-0.39, 0.29) is 0 Å². The van der Waals surface area contributed by atoms with Gasteiger partial charge < -0.3 is 0 Å². The summed E-state index contributed by atoms with van der Waals surface area (Å²) in [5.74, 6) is 0. The lowest BCUT2D eigenvalue weighted by Crippen LogP contribution is -2.00. The van der Waals surface area contributed by atoms with Gasteiger partial charge in [0.2, 0.25) is 0 Å². The van der Waals surface area contributed by atoms with Crippen molar-refractivity contribution in [1.29, 1.82) is 0 Å². The van der Waals surface area contributed by atoms with E-state index in [0.29, 0.717) is 0 Å². The van der Waals surface area contributed by atoms with Gasteiger partial charge in [-0.2, -0.15) is 0 Å². The molecule has 3 nitrogen and oxygen atoms in total. The van der Waals surface area contributed by atoms with Gasteiger partial charge in [0.1, 0.15) is 0 Å². The second kappa shape index (κ2) is 4.97. The third-order valence-electron chi connectivity index (χ3n) is 2.94. The predicted molar refractivity (Wildman–Crippen MR) is 79.2 cm³/mol. The van der Waals surface area contributed by atoms with Gasteiger partial charge in [-0.1, -0.05) is 41.1 Å². The van der Waals surface area contributed by atoms with Crippen molar-refractivity contribution in [3.63, 3.8) is 0 Å². The molecule has 0 saturated carbocycles. The molecule has 0 saturated heterocycles. The van der Waals surface area contributed by atoms with E-state index in [1.54, 1.807) is 6.20 Å². The molecule has 0 aliphatic heterocycles. The van der Waals surface area contributed by atoms with Gasteiger partial charge >= 0.3 is 0 Å². The van der Waals surface area contributed by atoms with E-state index in [1.165, 1.54) is 5.56 Å². The highest BCUT2D eigenvalue weighted by molar-refractivity contribution is 9.10. The molecule has 0 spiro atoms. The summed E-state index contributed by atoms with van der Waals surface area (Å²) in [6, 6.07) is 16.3. The molecule has 1 heterocycles. The first kappa shape index (κ1) is 12.1. The number of benzene rings is 2. The van der Waals surface area contributed by atoms with Crippen LogP contribution in [0.4, 0.5) is 0 Å². The first-order chi connectivity index (χ1) is 9.25. The number of aryl methyl sites for hydroxylation is 1. The summed E-state index contributed by atoms with van der Waals surface area (Å²) >= 11 is 3.55. The van der Waals surface area contributed by atoms with Crippen LogP contribution in [0.2, 0.25) is 0 Å². The number of aromatic nitrogens is 3. The summed E-state index contributed by atoms with van der Waals surface area (Å²) in [5.41, 5.74) is 4.30. The van der Waals surface area contributed by atoms with Crippen molar-refractivity contribution in [2.75, 3.05) is 0 Å². The summed E-state index contributed by atoms with van der Waals surface area (Å²) in [4.78, 5) is 0. The highest BCUT2D eigenvalue weighted by Crippen LogP contribution is 2.26. The van der Waals surface area contributed by atoms with Crippen molar-refractivity contribution in [2.24, 2.45) is 0 Å². The molecule has 0 aliphatic carbocycles. The van der Waals surface area contributed by atoms with E-state index in [2.05, 4.69) is 51.4 Å². The smallest absolute Gasteiger partial charge is 0.0944 e. The molecule has 1 aromatic heterocycles. The molecule has 0 fully saturated rings. The van der Waals surface area contributed by atoms with Gasteiger partial charge in [-0.05, 0) is 41.1 Å². The third-order valence-corrected chi connectivity index (χ3v) is 3.61. The number of para-hydroxylation sites is 1. The zero-order valence-corrected chi connectivity index (χ0v) is 12.0. The summed E-state index contributed by atoms with van der Waals surface area (Å²) in [6.07, 6.45) is 1.79. The highest BCUT2D eigenvalue weighted by atomic mass is 79.9. The lowest BCUT2D eigenvalue weighted by molar-refractivity contribution is 0.805. The van der Waals surface area contributed by atoms with Crippen molar-refractivity contribution in [3.05, 3.63) is 64.8 Å². The molecule has 0 bridgehead atoms. The molecule has 4 heteroatoms. The largest absolute Gasteiger partial charge is 0.212 e. The molecule has 2 aromatic carbocycles. The van der Waals surface area contributed by atoms with Crippen LogP contribution in [0.3, 0.4) is 0 Å². The Morgan fingerprint density at radius 3 is 2.68 bits per heavy atom. The standard InChI is InChI=1S/C15H12BrN3/c1-11-5-4-6-12(9-11)15-10-17-18-19(15)14-8-3-2-7-13(14)16/h2-10H,1H3. The lowest BCUT2D eigenvalue weighted by Gasteiger charge is -2.08. The normalized spacial score (nSPS) is 10.6. The topological polar surface area (TPSA) is 30.7 Å². The van der Waals surface area contributed by atoms with Gasteiger partial charge in [-0.3, -0.25) is 0 Å². The molecule has 94 valence electrons. The first-order valence-corrected chi connectivity index (χ1v) is 6.77. The van der Waals surface area contributed by atoms with Gasteiger partial charge in [0.15, 0.2) is 0 Å². The van der Waals surface area contributed by atoms with Crippen LogP contribution in [-0.4, -0.2) is 15.0 Å². The van der Waals surface area contributed by atoms with Gasteiger partial charge in [-0.15, -0.1) is 5.10 Å². The Kier molecular flexibility index (Phi) is 3.17. The maximum Gasteiger partial charge on any atom is 0.0944 e. The van der Waals surface area contributed by atoms with Crippen LogP contribution in [0.25, 0.3) is 16.9 Å². The Hall–Kier alpha value is -1.94. The van der Waals surface area contributed by atoms with E-state index in [4.69, 9.17) is 0 Å². The van der Waals surface area contributed by atoms with E-state index < -0.39 is 0 Å². The fourth-order valence-electron chi connectivity index (χ4n) is 2.04. The zero-order valence-electron chi connectivity index (χ0n) is 10.4. The van der Waals surface area contributed by atoms with Crippen LogP contribution in [0, 0.1) is 6.92 Å². The van der Waals surface area contributed by atoms with E-state index >= 15 is 0 Å². The molecule has 19 heavy (non-hydrogen) atoms. The monoisotopic (exact) mass is 313 g/mol. The van der Waals surface area contributed by atoms with Crippen LogP contribution in [-0.2, 0) is 0 Å². The molecule has 0 amide bonds. The van der Waals surface area contributed by atoms with Gasteiger partial charge in [-0.25, -0.2) is 4.68 Å². The van der Waals surface area contributed by atoms with Crippen molar-refractivity contribution < 1.29 is 0 Å². The number of rotatable bonds is 2. The van der Waals surface area contributed by atoms with Crippen molar-refractivity contribution in [1.82, 2.24) is 15.0 Å². The van der Waals surface area contributed by atoms with Crippen LogP contribution in [0.5, 0.6) is 0 Å². The number of halogens is 1. The molecule has 0 aliphatic rings. The molecular weight excluding hydrogens is 302 g/mol. The maximum atomic E-state index is 4.19. The molecule has 0 N–H and O–H groups in total. The predicted octanol–water partition coefficient (Wildman–Crippen LogP) is 4.01. The van der Waals surface area contributed by atoms with Gasteiger partial charge in [0.05, 0.1) is 17.6 Å². The third kappa shape index (κ3) is 2.31. The maximum absolute atomic E-state index is 4.19. The lowest BCUT2D eigenvalue weighted by atomic mass is 10.1. The second-order valence-corrected chi connectivity index (χ2v) is 5.21. The molecule has 0 unspecified atom stereocenters. The summed E-state index contributed by atoms with van der Waals surface area (Å²) < 4.78 is 2.84. The molecule has 0 radical (unpaired) electrons. The average molecular weight is 314 g/mol. The Labute approximate surface area is 120 Å². The fraction of sp³-hybridized carbons (Fsp3) is 0.0667. The quantitative estimate of drug-likeness (QED) is 0.715. The molecule has 0 atom stereocenters. The summed E-state index contributed by atoms with van der Waals surface area (Å²) in [5, 5.41) is 8.23. The molecule has 3 rings (SSSR count). The fourth-order valence-corrected chi connectivity index (χ4v) is 2.49. The Bertz CT molecular complexity index is 719. The van der Waals surface area contributed by atoms with Crippen LogP contribution < -0.4 is 0 Å². The summed E-state index contributed by atoms with van der Waals surface area (Å²) in [7, 11) is 0.